The number of aryl methyl sites for hydroxylation is 1. The zero-order chi connectivity index (χ0) is 24.2. The van der Waals surface area contributed by atoms with Crippen LogP contribution in [0.15, 0.2) is 78.5 Å². The summed E-state index contributed by atoms with van der Waals surface area (Å²) in [6, 6.07) is 23.8. The van der Waals surface area contributed by atoms with Crippen LogP contribution in [0.5, 0.6) is 0 Å². The average Bonchev–Trinajstić information content (AvgIpc) is 3.10. The van der Waals surface area contributed by atoms with E-state index in [0.717, 1.165) is 34.9 Å². The highest BCUT2D eigenvalue weighted by Gasteiger charge is 2.40. The van der Waals surface area contributed by atoms with Gasteiger partial charge in [0.25, 0.3) is 11.8 Å². The Morgan fingerprint density at radius 1 is 0.853 bits per heavy atom. The number of nitrogens with one attached hydrogen (secondary N) is 1. The molecule has 4 rings (SSSR count). The van der Waals surface area contributed by atoms with Crippen molar-refractivity contribution in [2.24, 2.45) is 0 Å². The van der Waals surface area contributed by atoms with Crippen LogP contribution in [-0.2, 0) is 9.59 Å². The summed E-state index contributed by atoms with van der Waals surface area (Å²) in [5, 5.41) is 12.3. The highest BCUT2D eigenvalue weighted by Crippen LogP contribution is 2.34. The molecule has 0 saturated carbocycles. The van der Waals surface area contributed by atoms with Gasteiger partial charge in [0.15, 0.2) is 0 Å². The van der Waals surface area contributed by atoms with Crippen LogP contribution in [0, 0.1) is 18.3 Å². The van der Waals surface area contributed by atoms with Gasteiger partial charge in [-0.05, 0) is 74.9 Å². The summed E-state index contributed by atoms with van der Waals surface area (Å²) in [7, 11) is 0. The van der Waals surface area contributed by atoms with Crippen LogP contribution in [0.25, 0.3) is 5.57 Å². The molecule has 6 heteroatoms. The van der Waals surface area contributed by atoms with E-state index in [9.17, 15) is 9.59 Å². The number of rotatable bonds is 7. The maximum Gasteiger partial charge on any atom is 0.282 e. The van der Waals surface area contributed by atoms with Crippen molar-refractivity contribution >= 4 is 34.4 Å². The molecule has 0 aromatic heterocycles. The number of hydrogen-bond donors (Lipinski definition) is 1. The Kier molecular flexibility index (Phi) is 6.46. The minimum Gasteiger partial charge on any atom is -0.372 e. The van der Waals surface area contributed by atoms with Gasteiger partial charge in [0.2, 0.25) is 0 Å². The molecule has 1 N–H and O–H groups in total. The Morgan fingerprint density at radius 2 is 1.47 bits per heavy atom. The number of benzene rings is 3. The lowest BCUT2D eigenvalue weighted by molar-refractivity contribution is -0.120. The first kappa shape index (κ1) is 22.8. The molecule has 34 heavy (non-hydrogen) atoms. The summed E-state index contributed by atoms with van der Waals surface area (Å²) in [5.74, 6) is -0.834. The molecule has 0 unspecified atom stereocenters. The summed E-state index contributed by atoms with van der Waals surface area (Å²) in [6.07, 6.45) is 0. The highest BCUT2D eigenvalue weighted by atomic mass is 16.2. The van der Waals surface area contributed by atoms with E-state index in [1.54, 1.807) is 24.3 Å². The second-order valence-corrected chi connectivity index (χ2v) is 8.06. The van der Waals surface area contributed by atoms with Gasteiger partial charge in [0.05, 0.1) is 22.9 Å². The minimum absolute atomic E-state index is 0.230. The first-order valence-corrected chi connectivity index (χ1v) is 11.3. The summed E-state index contributed by atoms with van der Waals surface area (Å²) in [4.78, 5) is 30.4. The van der Waals surface area contributed by atoms with Crippen LogP contribution in [-0.4, -0.2) is 24.9 Å². The van der Waals surface area contributed by atoms with E-state index < -0.39 is 11.8 Å². The van der Waals surface area contributed by atoms with E-state index >= 15 is 0 Å². The third-order valence-corrected chi connectivity index (χ3v) is 5.94. The molecule has 0 saturated heterocycles. The van der Waals surface area contributed by atoms with Crippen molar-refractivity contribution in [3.05, 3.63) is 95.2 Å². The summed E-state index contributed by atoms with van der Waals surface area (Å²) in [6.45, 7) is 7.99. The summed E-state index contributed by atoms with van der Waals surface area (Å²) in [5.41, 5.74) is 4.98. The van der Waals surface area contributed by atoms with E-state index in [4.69, 9.17) is 5.26 Å². The highest BCUT2D eigenvalue weighted by molar-refractivity contribution is 6.46. The fourth-order valence-electron chi connectivity index (χ4n) is 4.04. The zero-order valence-electron chi connectivity index (χ0n) is 19.5. The fraction of sp³-hybridized carbons (Fsp3) is 0.179. The van der Waals surface area contributed by atoms with E-state index in [-0.39, 0.29) is 5.70 Å². The lowest BCUT2D eigenvalue weighted by Crippen LogP contribution is -2.32. The van der Waals surface area contributed by atoms with Crippen LogP contribution < -0.4 is 15.1 Å². The Bertz CT molecular complexity index is 1280. The van der Waals surface area contributed by atoms with Crippen LogP contribution in [0.2, 0.25) is 0 Å². The molecule has 0 fully saturated rings. The van der Waals surface area contributed by atoms with Gasteiger partial charge in [0.1, 0.15) is 5.70 Å². The van der Waals surface area contributed by atoms with Gasteiger partial charge < -0.3 is 10.2 Å². The van der Waals surface area contributed by atoms with Crippen molar-refractivity contribution in [1.29, 1.82) is 5.26 Å². The van der Waals surface area contributed by atoms with Crippen molar-refractivity contribution in [2.45, 2.75) is 20.8 Å². The molecule has 0 spiro atoms. The van der Waals surface area contributed by atoms with Gasteiger partial charge >= 0.3 is 0 Å². The van der Waals surface area contributed by atoms with Crippen molar-refractivity contribution in [3.63, 3.8) is 0 Å². The predicted octanol–water partition coefficient (Wildman–Crippen LogP) is 5.11. The fourth-order valence-corrected chi connectivity index (χ4v) is 4.04. The average molecular weight is 451 g/mol. The summed E-state index contributed by atoms with van der Waals surface area (Å²) >= 11 is 0. The Balaban J connectivity index is 1.73. The van der Waals surface area contributed by atoms with Crippen LogP contribution in [0.3, 0.4) is 0 Å². The minimum atomic E-state index is -0.432. The zero-order valence-corrected chi connectivity index (χ0v) is 19.5. The maximum absolute atomic E-state index is 13.5. The molecule has 1 aliphatic heterocycles. The normalized spacial score (nSPS) is 13.3. The molecule has 3 aromatic rings. The van der Waals surface area contributed by atoms with Crippen molar-refractivity contribution in [1.82, 2.24) is 0 Å². The Labute approximate surface area is 199 Å². The largest absolute Gasteiger partial charge is 0.372 e. The van der Waals surface area contributed by atoms with Gasteiger partial charge in [-0.15, -0.1) is 0 Å². The van der Waals surface area contributed by atoms with Gasteiger partial charge in [-0.25, -0.2) is 4.90 Å². The molecular weight excluding hydrogens is 424 g/mol. The number of anilines is 3. The van der Waals surface area contributed by atoms with Crippen LogP contribution in [0.4, 0.5) is 17.1 Å². The van der Waals surface area contributed by atoms with Gasteiger partial charge in [-0.2, -0.15) is 5.26 Å². The summed E-state index contributed by atoms with van der Waals surface area (Å²) < 4.78 is 0. The standard InChI is InChI=1S/C28H26N4O2/c1-4-31(5-2)23-16-12-22(13-17-23)30-26-25(21-10-6-19(3)7-11-21)27(33)32(28(26)34)24-14-8-20(18-29)9-15-24/h6-17,30H,4-5H2,1-3H3. The lowest BCUT2D eigenvalue weighted by Gasteiger charge is -2.21. The third-order valence-electron chi connectivity index (χ3n) is 5.94. The quantitative estimate of drug-likeness (QED) is 0.506. The Morgan fingerprint density at radius 3 is 2.03 bits per heavy atom. The molecule has 2 amide bonds. The van der Waals surface area contributed by atoms with E-state index in [1.165, 1.54) is 0 Å². The molecule has 0 bridgehead atoms. The molecular formula is C28H26N4O2. The van der Waals surface area contributed by atoms with E-state index in [1.807, 2.05) is 55.5 Å². The molecule has 6 nitrogen and oxygen atoms in total. The topological polar surface area (TPSA) is 76.4 Å². The number of nitriles is 1. The SMILES string of the molecule is CCN(CC)c1ccc(NC2=C(c3ccc(C)cc3)C(=O)N(c3ccc(C#N)cc3)C2=O)cc1. The van der Waals surface area contributed by atoms with Crippen LogP contribution in [0.1, 0.15) is 30.5 Å². The lowest BCUT2D eigenvalue weighted by atomic mass is 10.0. The molecule has 1 aliphatic rings. The number of hydrogen-bond acceptors (Lipinski definition) is 5. The second-order valence-electron chi connectivity index (χ2n) is 8.06. The predicted molar refractivity (Wildman–Crippen MR) is 135 cm³/mol. The second kappa shape index (κ2) is 9.63. The molecule has 0 aliphatic carbocycles. The van der Waals surface area contributed by atoms with Gasteiger partial charge in [-0.1, -0.05) is 29.8 Å². The first-order valence-electron chi connectivity index (χ1n) is 11.3. The Hall–Kier alpha value is -4.37. The van der Waals surface area contributed by atoms with Gasteiger partial charge in [-0.3, -0.25) is 9.59 Å². The van der Waals surface area contributed by atoms with Gasteiger partial charge in [0, 0.05) is 24.5 Å². The smallest absolute Gasteiger partial charge is 0.282 e. The first-order chi connectivity index (χ1) is 16.5. The number of nitrogens with zero attached hydrogens (tertiary/aromatic N) is 3. The number of carbonyl (C=O) groups is 2. The van der Waals surface area contributed by atoms with Crippen LogP contribution >= 0.6 is 0 Å². The molecule has 3 aromatic carbocycles. The van der Waals surface area contributed by atoms with Crippen molar-refractivity contribution < 1.29 is 9.59 Å². The number of carbonyl (C=O) groups excluding carboxylic acids is 2. The number of amides is 2. The van der Waals surface area contributed by atoms with Crippen molar-refractivity contribution in [2.75, 3.05) is 28.2 Å². The molecule has 0 atom stereocenters. The third kappa shape index (κ3) is 4.28. The van der Waals surface area contributed by atoms with Crippen molar-refractivity contribution in [3.8, 4) is 6.07 Å². The molecule has 0 radical (unpaired) electrons. The maximum atomic E-state index is 13.5. The monoisotopic (exact) mass is 450 g/mol. The van der Waals surface area contributed by atoms with E-state index in [2.05, 4.69) is 30.1 Å². The van der Waals surface area contributed by atoms with E-state index in [0.29, 0.717) is 22.4 Å². The molecule has 1 heterocycles. The number of imide groups is 1. The molecule has 170 valence electrons.